The van der Waals surface area contributed by atoms with E-state index in [-0.39, 0.29) is 11.8 Å². The molecule has 0 saturated carbocycles. The molecule has 0 aromatic heterocycles. The molecule has 1 aliphatic rings. The maximum absolute atomic E-state index is 12.8. The lowest BCUT2D eigenvalue weighted by Gasteiger charge is -2.33. The Balaban J connectivity index is 2.19. The number of sulfonamides is 1. The third kappa shape index (κ3) is 4.29. The molecule has 0 unspecified atom stereocenters. The van der Waals surface area contributed by atoms with Crippen molar-refractivity contribution in [3.05, 3.63) is 35.4 Å². The van der Waals surface area contributed by atoms with Gasteiger partial charge in [0.25, 0.3) is 0 Å². The summed E-state index contributed by atoms with van der Waals surface area (Å²) in [6.45, 7) is 4.29. The van der Waals surface area contributed by atoms with Crippen molar-refractivity contribution >= 4 is 10.0 Å². The Morgan fingerprint density at radius 1 is 1.36 bits per heavy atom. The number of benzene rings is 1. The van der Waals surface area contributed by atoms with Gasteiger partial charge < -0.3 is 5.32 Å². The maximum Gasteiger partial charge on any atom is 0.218 e. The van der Waals surface area contributed by atoms with E-state index in [1.165, 1.54) is 0 Å². The molecule has 1 aromatic rings. The Morgan fingerprint density at radius 2 is 2.09 bits per heavy atom. The van der Waals surface area contributed by atoms with Gasteiger partial charge in [-0.15, -0.1) is 0 Å². The molecule has 0 amide bonds. The van der Waals surface area contributed by atoms with Crippen molar-refractivity contribution in [3.8, 4) is 6.07 Å². The van der Waals surface area contributed by atoms with E-state index in [4.69, 9.17) is 5.26 Å². The molecular formula is C16H23N3O2S. The fraction of sp³-hybridized carbons (Fsp3) is 0.562. The van der Waals surface area contributed by atoms with E-state index >= 15 is 0 Å². The molecule has 1 saturated heterocycles. The predicted octanol–water partition coefficient (Wildman–Crippen LogP) is 1.85. The second-order valence-electron chi connectivity index (χ2n) is 5.66. The summed E-state index contributed by atoms with van der Waals surface area (Å²) in [5.74, 6) is -0.0353. The quantitative estimate of drug-likeness (QED) is 0.868. The second kappa shape index (κ2) is 7.73. The van der Waals surface area contributed by atoms with Crippen LogP contribution in [0.1, 0.15) is 37.3 Å². The van der Waals surface area contributed by atoms with Gasteiger partial charge in [-0.2, -0.15) is 9.57 Å². The average Bonchev–Trinajstić information content (AvgIpc) is 2.53. The molecule has 0 bridgehead atoms. The highest BCUT2D eigenvalue weighted by Gasteiger charge is 2.30. The lowest BCUT2D eigenvalue weighted by Crippen LogP contribution is -2.46. The Labute approximate surface area is 133 Å². The van der Waals surface area contributed by atoms with Gasteiger partial charge in [-0.1, -0.05) is 19.1 Å². The van der Waals surface area contributed by atoms with Crippen molar-refractivity contribution in [2.24, 2.45) is 0 Å². The van der Waals surface area contributed by atoms with Crippen LogP contribution in [0.5, 0.6) is 0 Å². The molecule has 5 nitrogen and oxygen atoms in total. The Morgan fingerprint density at radius 3 is 2.73 bits per heavy atom. The standard InChI is InChI=1S/C16H23N3O2S/c1-2-10-19(16-6-8-18-9-7-16)22(20,21)13-15-5-3-4-14(11-15)12-17/h3-5,11,16,18H,2,6-10,13H2,1H3. The molecule has 1 heterocycles. The second-order valence-corrected chi connectivity index (χ2v) is 7.58. The zero-order valence-corrected chi connectivity index (χ0v) is 13.8. The lowest BCUT2D eigenvalue weighted by atomic mass is 10.1. The smallest absolute Gasteiger partial charge is 0.218 e. The van der Waals surface area contributed by atoms with Gasteiger partial charge in [0.05, 0.1) is 17.4 Å². The first-order valence-electron chi connectivity index (χ1n) is 7.76. The highest BCUT2D eigenvalue weighted by atomic mass is 32.2. The minimum atomic E-state index is -3.37. The summed E-state index contributed by atoms with van der Waals surface area (Å²) in [4.78, 5) is 0. The number of nitrogens with one attached hydrogen (secondary N) is 1. The first-order chi connectivity index (χ1) is 10.6. The first kappa shape index (κ1) is 16.9. The molecule has 1 aromatic carbocycles. The fourth-order valence-electron chi connectivity index (χ4n) is 2.89. The minimum Gasteiger partial charge on any atom is -0.317 e. The van der Waals surface area contributed by atoms with Crippen molar-refractivity contribution in [1.82, 2.24) is 9.62 Å². The topological polar surface area (TPSA) is 73.2 Å². The third-order valence-corrected chi connectivity index (χ3v) is 5.82. The summed E-state index contributed by atoms with van der Waals surface area (Å²) >= 11 is 0. The SMILES string of the molecule is CCCN(C1CCNCC1)S(=O)(=O)Cc1cccc(C#N)c1. The van der Waals surface area contributed by atoms with E-state index in [2.05, 4.69) is 11.4 Å². The van der Waals surface area contributed by atoms with Crippen LogP contribution in [0.25, 0.3) is 0 Å². The van der Waals surface area contributed by atoms with E-state index in [0.29, 0.717) is 17.7 Å². The van der Waals surface area contributed by atoms with Crippen LogP contribution in [-0.2, 0) is 15.8 Å². The van der Waals surface area contributed by atoms with Crippen LogP contribution in [0.3, 0.4) is 0 Å². The molecule has 1 N–H and O–H groups in total. The molecule has 1 fully saturated rings. The van der Waals surface area contributed by atoms with Gasteiger partial charge in [0.1, 0.15) is 0 Å². The van der Waals surface area contributed by atoms with E-state index in [0.717, 1.165) is 32.4 Å². The van der Waals surface area contributed by atoms with Crippen molar-refractivity contribution in [2.45, 2.75) is 38.0 Å². The summed E-state index contributed by atoms with van der Waals surface area (Å²) < 4.78 is 27.3. The van der Waals surface area contributed by atoms with Crippen LogP contribution >= 0.6 is 0 Å². The van der Waals surface area contributed by atoms with Crippen LogP contribution in [0.4, 0.5) is 0 Å². The van der Waals surface area contributed by atoms with Gasteiger partial charge in [-0.25, -0.2) is 8.42 Å². The molecule has 120 valence electrons. The van der Waals surface area contributed by atoms with Crippen LogP contribution < -0.4 is 5.32 Å². The normalized spacial score (nSPS) is 16.6. The number of nitrogens with zero attached hydrogens (tertiary/aromatic N) is 2. The van der Waals surface area contributed by atoms with Crippen molar-refractivity contribution in [1.29, 1.82) is 5.26 Å². The number of hydrogen-bond donors (Lipinski definition) is 1. The largest absolute Gasteiger partial charge is 0.317 e. The zero-order valence-electron chi connectivity index (χ0n) is 13.0. The fourth-order valence-corrected chi connectivity index (χ4v) is 4.78. The van der Waals surface area contributed by atoms with Gasteiger partial charge >= 0.3 is 0 Å². The summed E-state index contributed by atoms with van der Waals surface area (Å²) in [6, 6.07) is 8.99. The van der Waals surface area contributed by atoms with Crippen molar-refractivity contribution in [2.75, 3.05) is 19.6 Å². The third-order valence-electron chi connectivity index (χ3n) is 3.92. The van der Waals surface area contributed by atoms with Gasteiger partial charge in [0.2, 0.25) is 10.0 Å². The monoisotopic (exact) mass is 321 g/mol. The molecule has 6 heteroatoms. The first-order valence-corrected chi connectivity index (χ1v) is 9.37. The molecule has 2 rings (SSSR count). The summed E-state index contributed by atoms with van der Waals surface area (Å²) in [6.07, 6.45) is 2.52. The zero-order chi connectivity index (χ0) is 16.0. The van der Waals surface area contributed by atoms with E-state index in [1.807, 2.05) is 6.92 Å². The molecule has 0 aliphatic carbocycles. The highest BCUT2D eigenvalue weighted by Crippen LogP contribution is 2.20. The maximum atomic E-state index is 12.8. The van der Waals surface area contributed by atoms with Crippen LogP contribution in [0.2, 0.25) is 0 Å². The van der Waals surface area contributed by atoms with Crippen molar-refractivity contribution < 1.29 is 8.42 Å². The number of hydrogen-bond acceptors (Lipinski definition) is 4. The summed E-state index contributed by atoms with van der Waals surface area (Å²) in [5, 5.41) is 12.2. The molecule has 0 spiro atoms. The number of rotatable bonds is 6. The Kier molecular flexibility index (Phi) is 5.95. The van der Waals surface area contributed by atoms with E-state index < -0.39 is 10.0 Å². The molecular weight excluding hydrogens is 298 g/mol. The Hall–Kier alpha value is -1.42. The average molecular weight is 321 g/mol. The van der Waals surface area contributed by atoms with E-state index in [9.17, 15) is 8.42 Å². The van der Waals surface area contributed by atoms with E-state index in [1.54, 1.807) is 28.6 Å². The van der Waals surface area contributed by atoms with Gasteiger partial charge in [0.15, 0.2) is 0 Å². The van der Waals surface area contributed by atoms with Crippen LogP contribution in [0, 0.1) is 11.3 Å². The van der Waals surface area contributed by atoms with Gasteiger partial charge in [-0.3, -0.25) is 0 Å². The van der Waals surface area contributed by atoms with Crippen molar-refractivity contribution in [3.63, 3.8) is 0 Å². The molecule has 1 aliphatic heterocycles. The van der Waals surface area contributed by atoms with Gasteiger partial charge in [0, 0.05) is 12.6 Å². The number of nitriles is 1. The Bertz CT molecular complexity index is 631. The predicted molar refractivity (Wildman–Crippen MR) is 86.7 cm³/mol. The molecule has 0 radical (unpaired) electrons. The number of piperidine rings is 1. The van der Waals surface area contributed by atoms with Crippen LogP contribution in [-0.4, -0.2) is 38.4 Å². The minimum absolute atomic E-state index is 0.0353. The lowest BCUT2D eigenvalue weighted by molar-refractivity contribution is 0.262. The molecule has 0 atom stereocenters. The summed E-state index contributed by atoms with van der Waals surface area (Å²) in [7, 11) is -3.37. The van der Waals surface area contributed by atoms with Gasteiger partial charge in [-0.05, 0) is 50.0 Å². The summed E-state index contributed by atoms with van der Waals surface area (Å²) in [5.41, 5.74) is 1.17. The van der Waals surface area contributed by atoms with Crippen LogP contribution in [0.15, 0.2) is 24.3 Å². The highest BCUT2D eigenvalue weighted by molar-refractivity contribution is 7.88. The molecule has 22 heavy (non-hydrogen) atoms.